The Labute approximate surface area is 213 Å². The first-order valence-corrected chi connectivity index (χ1v) is 12.8. The molecule has 180 valence electrons. The third-order valence-corrected chi connectivity index (χ3v) is 9.10. The second-order valence-electron chi connectivity index (χ2n) is 10.2. The van der Waals surface area contributed by atoms with Gasteiger partial charge < -0.3 is 30.2 Å². The van der Waals surface area contributed by atoms with E-state index in [-0.39, 0.29) is 18.2 Å². The van der Waals surface area contributed by atoms with Crippen molar-refractivity contribution in [1.29, 1.82) is 0 Å². The minimum atomic E-state index is -1.33. The number of para-hydroxylation sites is 1. The Bertz CT molecular complexity index is 1890. The Kier molecular flexibility index (Phi) is 3.63. The van der Waals surface area contributed by atoms with Crippen LogP contribution in [0.3, 0.4) is 0 Å². The van der Waals surface area contributed by atoms with Crippen LogP contribution in [0.2, 0.25) is 0 Å². The molecule has 2 unspecified atom stereocenters. The van der Waals surface area contributed by atoms with E-state index < -0.39 is 17.5 Å². The van der Waals surface area contributed by atoms with Crippen LogP contribution >= 0.6 is 15.9 Å². The van der Waals surface area contributed by atoms with Crippen molar-refractivity contribution in [2.45, 2.75) is 37.4 Å². The van der Waals surface area contributed by atoms with Gasteiger partial charge in [-0.1, -0.05) is 34.1 Å². The summed E-state index contributed by atoms with van der Waals surface area (Å²) in [5, 5.41) is 9.75. The highest BCUT2D eigenvalue weighted by atomic mass is 79.9. The average molecular weight is 544 g/mol. The number of aromatic nitrogens is 2. The van der Waals surface area contributed by atoms with E-state index in [1.54, 1.807) is 7.05 Å². The largest absolute Gasteiger partial charge is 0.357 e. The Balaban J connectivity index is 1.73. The standard InChI is InChI=1S/C27H22BrN5O3/c1-26-27(29,25(35)30-2)10-18(36-26)32-16-8-7-12(28)9-14(16)20-21-15(11-31-24(21)34)19-13-5-3-4-6-17(13)33(26)23(19)22(20)32/h3-9,18H,10-11,29H2,1-2H3,(H,30,35)(H,31,34)/t18?,26?,27-/m0/s1. The molecule has 8 rings (SSSR count). The molecule has 1 saturated heterocycles. The summed E-state index contributed by atoms with van der Waals surface area (Å²) in [5.74, 6) is -0.335. The zero-order chi connectivity index (χ0) is 24.7. The van der Waals surface area contributed by atoms with E-state index in [1.165, 1.54) is 0 Å². The Morgan fingerprint density at radius 3 is 2.78 bits per heavy atom. The molecular weight excluding hydrogens is 522 g/mol. The smallest absolute Gasteiger partial charge is 0.252 e. The first-order valence-electron chi connectivity index (χ1n) is 12.0. The molecule has 0 aliphatic carbocycles. The minimum Gasteiger partial charge on any atom is -0.357 e. The molecule has 0 saturated carbocycles. The lowest BCUT2D eigenvalue weighted by molar-refractivity contribution is -0.148. The van der Waals surface area contributed by atoms with Crippen LogP contribution in [-0.4, -0.2) is 33.5 Å². The monoisotopic (exact) mass is 543 g/mol. The summed E-state index contributed by atoms with van der Waals surface area (Å²) in [6.07, 6.45) is -0.211. The zero-order valence-corrected chi connectivity index (χ0v) is 21.2. The predicted molar refractivity (Wildman–Crippen MR) is 141 cm³/mol. The summed E-state index contributed by atoms with van der Waals surface area (Å²) >= 11 is 3.63. The van der Waals surface area contributed by atoms with Gasteiger partial charge in [0.25, 0.3) is 5.91 Å². The molecule has 2 amide bonds. The molecule has 4 N–H and O–H groups in total. The molecule has 8 nitrogen and oxygen atoms in total. The molecule has 0 spiro atoms. The van der Waals surface area contributed by atoms with Crippen molar-refractivity contribution < 1.29 is 14.3 Å². The van der Waals surface area contributed by atoms with Crippen LogP contribution in [-0.2, 0) is 21.8 Å². The van der Waals surface area contributed by atoms with Gasteiger partial charge in [-0.2, -0.15) is 0 Å². The van der Waals surface area contributed by atoms with Crippen molar-refractivity contribution in [2.24, 2.45) is 5.73 Å². The molecule has 3 aliphatic heterocycles. The highest BCUT2D eigenvalue weighted by Gasteiger charge is 2.63. The van der Waals surface area contributed by atoms with Crippen molar-refractivity contribution in [2.75, 3.05) is 7.05 Å². The van der Waals surface area contributed by atoms with Gasteiger partial charge in [0.15, 0.2) is 5.72 Å². The summed E-state index contributed by atoms with van der Waals surface area (Å²) in [7, 11) is 1.61. The fraction of sp³-hybridized carbons (Fsp3) is 0.259. The van der Waals surface area contributed by atoms with Gasteiger partial charge in [-0.3, -0.25) is 9.59 Å². The number of rotatable bonds is 1. The number of fused-ring (bicyclic) bond motifs is 13. The van der Waals surface area contributed by atoms with Crippen molar-refractivity contribution in [1.82, 2.24) is 19.8 Å². The van der Waals surface area contributed by atoms with Crippen LogP contribution < -0.4 is 16.4 Å². The van der Waals surface area contributed by atoms with E-state index in [9.17, 15) is 9.59 Å². The quantitative estimate of drug-likeness (QED) is 0.297. The van der Waals surface area contributed by atoms with Gasteiger partial charge in [-0.15, -0.1) is 0 Å². The van der Waals surface area contributed by atoms with Gasteiger partial charge in [0.05, 0.1) is 27.6 Å². The van der Waals surface area contributed by atoms with Crippen LogP contribution in [0.4, 0.5) is 0 Å². The lowest BCUT2D eigenvalue weighted by Crippen LogP contribution is -2.65. The number of carbonyl (C=O) groups excluding carboxylic acids is 2. The number of carbonyl (C=O) groups is 2. The van der Waals surface area contributed by atoms with Crippen molar-refractivity contribution in [3.63, 3.8) is 0 Å². The molecule has 1 fully saturated rings. The van der Waals surface area contributed by atoms with Crippen LogP contribution in [0.15, 0.2) is 46.9 Å². The number of likely N-dealkylation sites (N-methyl/N-ethyl adjacent to an activating group) is 1. The summed E-state index contributed by atoms with van der Waals surface area (Å²) in [6.45, 7) is 2.36. The number of halogens is 1. The first-order chi connectivity index (χ1) is 17.3. The zero-order valence-electron chi connectivity index (χ0n) is 19.6. The minimum absolute atomic E-state index is 0.0668. The molecule has 3 atom stereocenters. The third kappa shape index (κ3) is 2.04. The van der Waals surface area contributed by atoms with E-state index in [0.29, 0.717) is 6.54 Å². The van der Waals surface area contributed by atoms with Crippen molar-refractivity contribution in [3.05, 3.63) is 58.1 Å². The highest BCUT2D eigenvalue weighted by molar-refractivity contribution is 9.10. The van der Waals surface area contributed by atoms with Crippen LogP contribution in [0.1, 0.15) is 35.5 Å². The Hall–Kier alpha value is -3.40. The van der Waals surface area contributed by atoms with Gasteiger partial charge in [0.2, 0.25) is 5.91 Å². The maximum Gasteiger partial charge on any atom is 0.252 e. The SMILES string of the molecule is CNC(=O)[C@@]1(N)CC2OC1(C)n1c3ccccc3c3c4c(c5c6cc(Br)ccc6n2c5c31)C(=O)NC4. The second-order valence-corrected chi connectivity index (χ2v) is 11.1. The molecule has 9 heteroatoms. The molecule has 5 aromatic rings. The lowest BCUT2D eigenvalue weighted by Gasteiger charge is -2.39. The maximum atomic E-state index is 13.4. The van der Waals surface area contributed by atoms with E-state index in [1.807, 2.05) is 37.3 Å². The first kappa shape index (κ1) is 20.8. The number of hydrogen-bond acceptors (Lipinski definition) is 4. The topological polar surface area (TPSA) is 103 Å². The Morgan fingerprint density at radius 1 is 1.17 bits per heavy atom. The number of amides is 2. The number of nitrogens with zero attached hydrogens (tertiary/aromatic N) is 2. The van der Waals surface area contributed by atoms with Crippen LogP contribution in [0.25, 0.3) is 43.6 Å². The lowest BCUT2D eigenvalue weighted by atomic mass is 9.85. The third-order valence-electron chi connectivity index (χ3n) is 8.61. The normalized spacial score (nSPS) is 26.3. The Morgan fingerprint density at radius 2 is 1.97 bits per heavy atom. The molecule has 2 bridgehead atoms. The molecule has 2 aromatic heterocycles. The average Bonchev–Trinajstić information content (AvgIpc) is 3.55. The van der Waals surface area contributed by atoms with Gasteiger partial charge in [0, 0.05) is 46.0 Å². The summed E-state index contributed by atoms with van der Waals surface area (Å²) in [5.41, 5.74) is 9.97. The summed E-state index contributed by atoms with van der Waals surface area (Å²) in [6, 6.07) is 14.2. The van der Waals surface area contributed by atoms with Gasteiger partial charge in [-0.25, -0.2) is 0 Å². The van der Waals surface area contributed by atoms with E-state index >= 15 is 0 Å². The second kappa shape index (κ2) is 6.29. The number of ether oxygens (including phenoxy) is 1. The fourth-order valence-corrected chi connectivity index (χ4v) is 7.41. The number of nitrogens with one attached hydrogen (secondary N) is 2. The molecule has 0 radical (unpaired) electrons. The van der Waals surface area contributed by atoms with Crippen LogP contribution in [0, 0.1) is 0 Å². The van der Waals surface area contributed by atoms with Gasteiger partial charge in [0.1, 0.15) is 11.8 Å². The number of benzene rings is 3. The summed E-state index contributed by atoms with van der Waals surface area (Å²) in [4.78, 5) is 26.7. The van der Waals surface area contributed by atoms with E-state index in [0.717, 1.165) is 59.2 Å². The predicted octanol–water partition coefficient (Wildman–Crippen LogP) is 3.96. The molecule has 5 heterocycles. The molecule has 3 aromatic carbocycles. The van der Waals surface area contributed by atoms with Crippen molar-refractivity contribution in [3.8, 4) is 0 Å². The number of nitrogens with two attached hydrogens (primary N) is 1. The molecule has 36 heavy (non-hydrogen) atoms. The highest BCUT2D eigenvalue weighted by Crippen LogP contribution is 2.57. The summed E-state index contributed by atoms with van der Waals surface area (Å²) < 4.78 is 12.1. The molecule has 3 aliphatic rings. The van der Waals surface area contributed by atoms with Crippen LogP contribution in [0.5, 0.6) is 0 Å². The van der Waals surface area contributed by atoms with E-state index in [4.69, 9.17) is 10.5 Å². The maximum absolute atomic E-state index is 13.4. The van der Waals surface area contributed by atoms with Gasteiger partial charge >= 0.3 is 0 Å². The fourth-order valence-electron chi connectivity index (χ4n) is 7.04. The van der Waals surface area contributed by atoms with Crippen molar-refractivity contribution >= 4 is 71.4 Å². The van der Waals surface area contributed by atoms with E-state index in [2.05, 4.69) is 47.8 Å². The number of hydrogen-bond donors (Lipinski definition) is 3. The van der Waals surface area contributed by atoms with Gasteiger partial charge in [-0.05, 0) is 36.8 Å². The molecular formula is C27H22BrN5O3.